The van der Waals surface area contributed by atoms with E-state index in [-0.39, 0.29) is 6.04 Å². The molecule has 1 aliphatic carbocycles. The van der Waals surface area contributed by atoms with E-state index in [0.29, 0.717) is 5.92 Å². The van der Waals surface area contributed by atoms with E-state index in [2.05, 4.69) is 40.6 Å². The Bertz CT molecular complexity index is 866. The van der Waals surface area contributed by atoms with Crippen molar-refractivity contribution in [3.63, 3.8) is 0 Å². The van der Waals surface area contributed by atoms with Crippen LogP contribution in [-0.4, -0.2) is 16.6 Å². The number of rotatable bonds is 3. The van der Waals surface area contributed by atoms with E-state index in [1.54, 1.807) is 0 Å². The van der Waals surface area contributed by atoms with Crippen LogP contribution < -0.4 is 10.1 Å². The molecule has 2 N–H and O–H groups in total. The van der Waals surface area contributed by atoms with Gasteiger partial charge in [-0.1, -0.05) is 24.3 Å². The van der Waals surface area contributed by atoms with Crippen LogP contribution in [0.25, 0.3) is 11.0 Å². The van der Waals surface area contributed by atoms with Crippen molar-refractivity contribution in [2.45, 2.75) is 31.2 Å². The molecule has 2 heterocycles. The van der Waals surface area contributed by atoms with Crippen molar-refractivity contribution >= 4 is 16.7 Å². The van der Waals surface area contributed by atoms with Crippen molar-refractivity contribution in [3.05, 3.63) is 53.9 Å². The van der Waals surface area contributed by atoms with Gasteiger partial charge in [0.2, 0.25) is 0 Å². The first-order valence-corrected chi connectivity index (χ1v) is 8.35. The van der Waals surface area contributed by atoms with Gasteiger partial charge in [-0.3, -0.25) is 0 Å². The molecule has 1 fully saturated rings. The molecule has 0 bridgehead atoms. The zero-order chi connectivity index (χ0) is 15.2. The second-order valence-corrected chi connectivity index (χ2v) is 6.47. The summed E-state index contributed by atoms with van der Waals surface area (Å²) in [5, 5.41) is 3.69. The number of para-hydroxylation sites is 2. The van der Waals surface area contributed by atoms with E-state index in [1.807, 2.05) is 12.1 Å². The number of anilines is 1. The summed E-state index contributed by atoms with van der Waals surface area (Å²) in [6, 6.07) is 14.9. The SMILES string of the molecule is c1ccc2c(c1)OCC[C@H]2Nc1cccc2[nH]c(C3CC3)nc12. The Morgan fingerprint density at radius 3 is 2.87 bits per heavy atom. The fourth-order valence-electron chi connectivity index (χ4n) is 3.40. The fourth-order valence-corrected chi connectivity index (χ4v) is 3.40. The minimum absolute atomic E-state index is 0.270. The first kappa shape index (κ1) is 13.0. The third-order valence-corrected chi connectivity index (χ3v) is 4.78. The standard InChI is InChI=1S/C19H19N3O/c1-2-7-17-13(4-1)14(10-11-23-17)20-15-5-3-6-16-18(15)22-19(21-16)12-8-9-12/h1-7,12,14,20H,8-11H2,(H,21,22)/t14-/m1/s1. The minimum Gasteiger partial charge on any atom is -0.493 e. The number of nitrogens with one attached hydrogen (secondary N) is 2. The van der Waals surface area contributed by atoms with Crippen molar-refractivity contribution in [2.24, 2.45) is 0 Å². The van der Waals surface area contributed by atoms with Crippen molar-refractivity contribution in [1.82, 2.24) is 9.97 Å². The summed E-state index contributed by atoms with van der Waals surface area (Å²) < 4.78 is 5.76. The second kappa shape index (κ2) is 5.01. The highest BCUT2D eigenvalue weighted by Gasteiger charge is 2.27. The van der Waals surface area contributed by atoms with Crippen molar-refractivity contribution in [3.8, 4) is 5.75 Å². The largest absolute Gasteiger partial charge is 0.493 e. The number of ether oxygens (including phenoxy) is 1. The van der Waals surface area contributed by atoms with E-state index in [9.17, 15) is 0 Å². The maximum absolute atomic E-state index is 5.76. The zero-order valence-electron chi connectivity index (χ0n) is 12.9. The summed E-state index contributed by atoms with van der Waals surface area (Å²) in [5.41, 5.74) is 4.51. The van der Waals surface area contributed by atoms with Crippen LogP contribution in [0, 0.1) is 0 Å². The van der Waals surface area contributed by atoms with Gasteiger partial charge in [-0.15, -0.1) is 0 Å². The molecule has 116 valence electrons. The molecule has 0 radical (unpaired) electrons. The summed E-state index contributed by atoms with van der Waals surface area (Å²) in [6.45, 7) is 0.749. The Morgan fingerprint density at radius 2 is 1.96 bits per heavy atom. The molecule has 1 saturated carbocycles. The molecule has 2 aromatic carbocycles. The molecule has 4 nitrogen and oxygen atoms in total. The number of benzene rings is 2. The topological polar surface area (TPSA) is 49.9 Å². The first-order chi connectivity index (χ1) is 11.4. The Balaban J connectivity index is 1.52. The minimum atomic E-state index is 0.270. The van der Waals surface area contributed by atoms with Gasteiger partial charge in [0.15, 0.2) is 0 Å². The second-order valence-electron chi connectivity index (χ2n) is 6.47. The monoisotopic (exact) mass is 305 g/mol. The number of aromatic nitrogens is 2. The molecule has 1 atom stereocenters. The molecule has 0 unspecified atom stereocenters. The molecule has 4 heteroatoms. The van der Waals surface area contributed by atoms with Gasteiger partial charge in [0.25, 0.3) is 0 Å². The molecular weight excluding hydrogens is 286 g/mol. The Morgan fingerprint density at radius 1 is 1.04 bits per heavy atom. The van der Waals surface area contributed by atoms with Gasteiger partial charge >= 0.3 is 0 Å². The predicted molar refractivity (Wildman–Crippen MR) is 91.0 cm³/mol. The first-order valence-electron chi connectivity index (χ1n) is 8.35. The summed E-state index contributed by atoms with van der Waals surface area (Å²) in [6.07, 6.45) is 3.49. The summed E-state index contributed by atoms with van der Waals surface area (Å²) >= 11 is 0. The van der Waals surface area contributed by atoms with Crippen LogP contribution in [0.3, 0.4) is 0 Å². The smallest absolute Gasteiger partial charge is 0.124 e. The lowest BCUT2D eigenvalue weighted by Crippen LogP contribution is -2.20. The van der Waals surface area contributed by atoms with Gasteiger partial charge in [0.05, 0.1) is 23.9 Å². The van der Waals surface area contributed by atoms with Crippen LogP contribution in [0.15, 0.2) is 42.5 Å². The molecule has 2 aliphatic rings. The Hall–Kier alpha value is -2.49. The average molecular weight is 305 g/mol. The van der Waals surface area contributed by atoms with Crippen LogP contribution >= 0.6 is 0 Å². The Labute approximate surface area is 134 Å². The number of imidazole rings is 1. The van der Waals surface area contributed by atoms with Crippen LogP contribution in [-0.2, 0) is 0 Å². The summed E-state index contributed by atoms with van der Waals surface area (Å²) in [7, 11) is 0. The molecule has 1 aliphatic heterocycles. The molecule has 23 heavy (non-hydrogen) atoms. The van der Waals surface area contributed by atoms with Gasteiger partial charge in [-0.25, -0.2) is 4.98 Å². The summed E-state index contributed by atoms with van der Waals surface area (Å²) in [4.78, 5) is 8.33. The van der Waals surface area contributed by atoms with Crippen molar-refractivity contribution < 1.29 is 4.74 Å². The average Bonchev–Trinajstić information content (AvgIpc) is 3.34. The molecule has 0 amide bonds. The highest BCUT2D eigenvalue weighted by Crippen LogP contribution is 2.40. The molecule has 0 saturated heterocycles. The highest BCUT2D eigenvalue weighted by molar-refractivity contribution is 5.88. The predicted octanol–water partition coefficient (Wildman–Crippen LogP) is 4.38. The molecule has 0 spiro atoms. The lowest BCUT2D eigenvalue weighted by atomic mass is 10.00. The number of fused-ring (bicyclic) bond motifs is 2. The van der Waals surface area contributed by atoms with Gasteiger partial charge in [0.1, 0.15) is 17.1 Å². The van der Waals surface area contributed by atoms with Gasteiger partial charge < -0.3 is 15.0 Å². The zero-order valence-corrected chi connectivity index (χ0v) is 12.9. The number of hydrogen-bond acceptors (Lipinski definition) is 3. The van der Waals surface area contributed by atoms with Crippen LogP contribution in [0.5, 0.6) is 5.75 Å². The summed E-state index contributed by atoms with van der Waals surface area (Å²) in [5.74, 6) is 2.77. The maximum atomic E-state index is 5.76. The van der Waals surface area contributed by atoms with Crippen LogP contribution in [0.4, 0.5) is 5.69 Å². The third-order valence-electron chi connectivity index (χ3n) is 4.78. The fraction of sp³-hybridized carbons (Fsp3) is 0.316. The third kappa shape index (κ3) is 2.25. The van der Waals surface area contributed by atoms with E-state index in [1.165, 1.54) is 18.4 Å². The quantitative estimate of drug-likeness (QED) is 0.755. The molecule has 5 rings (SSSR count). The van der Waals surface area contributed by atoms with Gasteiger partial charge in [0, 0.05) is 17.9 Å². The van der Waals surface area contributed by atoms with E-state index in [0.717, 1.165) is 41.3 Å². The van der Waals surface area contributed by atoms with Crippen molar-refractivity contribution in [1.29, 1.82) is 0 Å². The number of hydrogen-bond donors (Lipinski definition) is 2. The van der Waals surface area contributed by atoms with Crippen molar-refractivity contribution in [2.75, 3.05) is 11.9 Å². The van der Waals surface area contributed by atoms with Crippen LogP contribution in [0.2, 0.25) is 0 Å². The van der Waals surface area contributed by atoms with E-state index < -0.39 is 0 Å². The normalized spacial score (nSPS) is 20.1. The molecule has 3 aromatic rings. The lowest BCUT2D eigenvalue weighted by Gasteiger charge is -2.27. The molecular formula is C19H19N3O. The molecule has 1 aromatic heterocycles. The van der Waals surface area contributed by atoms with Crippen LogP contribution in [0.1, 0.15) is 42.6 Å². The van der Waals surface area contributed by atoms with Gasteiger partial charge in [-0.05, 0) is 31.0 Å². The highest BCUT2D eigenvalue weighted by atomic mass is 16.5. The number of nitrogens with zero attached hydrogens (tertiary/aromatic N) is 1. The number of aromatic amines is 1. The number of H-pyrrole nitrogens is 1. The van der Waals surface area contributed by atoms with Gasteiger partial charge in [-0.2, -0.15) is 0 Å². The maximum Gasteiger partial charge on any atom is 0.124 e. The Kier molecular flexibility index (Phi) is 2.83. The lowest BCUT2D eigenvalue weighted by molar-refractivity contribution is 0.274. The van der Waals surface area contributed by atoms with E-state index >= 15 is 0 Å². The van der Waals surface area contributed by atoms with E-state index in [4.69, 9.17) is 9.72 Å².